The maximum atomic E-state index is 12.1. The molecule has 11 heavy (non-hydrogen) atoms. The van der Waals surface area contributed by atoms with Crippen molar-refractivity contribution in [1.29, 1.82) is 0 Å². The van der Waals surface area contributed by atoms with Crippen molar-refractivity contribution in [2.75, 3.05) is 0 Å². The van der Waals surface area contributed by atoms with Gasteiger partial charge in [-0.15, -0.1) is 6.42 Å². The first-order valence-corrected chi connectivity index (χ1v) is 2.49. The lowest BCUT2D eigenvalue weighted by atomic mass is 10.2. The Morgan fingerprint density at radius 3 is 2.00 bits per heavy atom. The van der Waals surface area contributed by atoms with Crippen molar-refractivity contribution in [1.82, 2.24) is 0 Å². The zero-order chi connectivity index (χ0) is 9.07. The number of alkyl halides is 3. The molecule has 0 nitrogen and oxygen atoms in total. The van der Waals surface area contributed by atoms with Crippen LogP contribution in [0, 0.1) is 12.3 Å². The fourth-order valence-corrected chi connectivity index (χ4v) is 0.408. The molecule has 0 aliphatic heterocycles. The molecular weight excluding hydrogens is 160 g/mol. The quantitative estimate of drug-likeness (QED) is 0.317. The maximum absolute atomic E-state index is 12.1. The van der Waals surface area contributed by atoms with Crippen molar-refractivity contribution in [2.45, 2.75) is 6.18 Å². The lowest BCUT2D eigenvalue weighted by molar-refractivity contribution is -0.0895. The molecule has 0 aromatic heterocycles. The molecule has 0 N–H and O–H groups in total. The third-order valence-electron chi connectivity index (χ3n) is 0.873. The van der Waals surface area contributed by atoms with E-state index < -0.39 is 17.6 Å². The Bertz CT molecular complexity index is 226. The fraction of sp³-hybridized carbons (Fsp3) is 0.143. The normalized spacial score (nSPS) is 13.4. The van der Waals surface area contributed by atoms with E-state index in [1.807, 2.05) is 0 Å². The van der Waals surface area contributed by atoms with Crippen LogP contribution >= 0.6 is 0 Å². The molecular formula is C7H4F4. The number of halogens is 4. The van der Waals surface area contributed by atoms with Crippen molar-refractivity contribution < 1.29 is 17.6 Å². The van der Waals surface area contributed by atoms with Gasteiger partial charge in [-0.2, -0.15) is 17.6 Å². The van der Waals surface area contributed by atoms with E-state index in [-0.39, 0.29) is 0 Å². The Labute approximate surface area is 61.2 Å². The van der Waals surface area contributed by atoms with Crippen molar-refractivity contribution in [3.05, 3.63) is 24.1 Å². The summed E-state index contributed by atoms with van der Waals surface area (Å²) in [5.41, 5.74) is -1.51. The predicted molar refractivity (Wildman–Crippen MR) is 33.2 cm³/mol. The standard InChI is InChI=1S/C7H4F4/c1-3-5(6(8)4-2)7(9,10)11/h2-3H,1H2/b6-5-. The van der Waals surface area contributed by atoms with Gasteiger partial charge in [-0.1, -0.05) is 12.7 Å². The van der Waals surface area contributed by atoms with E-state index >= 15 is 0 Å². The van der Waals surface area contributed by atoms with Crippen molar-refractivity contribution in [3.8, 4) is 12.3 Å². The molecule has 0 aromatic rings. The number of rotatable bonds is 1. The van der Waals surface area contributed by atoms with Crippen LogP contribution in [-0.2, 0) is 0 Å². The highest BCUT2D eigenvalue weighted by Crippen LogP contribution is 2.28. The molecule has 0 aliphatic rings. The van der Waals surface area contributed by atoms with Gasteiger partial charge in [-0.3, -0.25) is 0 Å². The number of hydrogen-bond acceptors (Lipinski definition) is 0. The van der Waals surface area contributed by atoms with E-state index in [1.54, 1.807) is 0 Å². The van der Waals surface area contributed by atoms with Gasteiger partial charge in [0, 0.05) is 0 Å². The van der Waals surface area contributed by atoms with Gasteiger partial charge >= 0.3 is 6.18 Å². The minimum Gasteiger partial charge on any atom is -0.196 e. The molecule has 0 radical (unpaired) electrons. The van der Waals surface area contributed by atoms with Crippen LogP contribution in [0.25, 0.3) is 0 Å². The van der Waals surface area contributed by atoms with E-state index in [0.29, 0.717) is 6.08 Å². The summed E-state index contributed by atoms with van der Waals surface area (Å²) in [4.78, 5) is 0. The van der Waals surface area contributed by atoms with Gasteiger partial charge in [0.15, 0.2) is 5.83 Å². The molecule has 0 aliphatic carbocycles. The molecule has 4 heteroatoms. The lowest BCUT2D eigenvalue weighted by Gasteiger charge is -2.05. The summed E-state index contributed by atoms with van der Waals surface area (Å²) in [6.45, 7) is 2.78. The Balaban J connectivity index is 5.01. The molecule has 0 heterocycles. The minimum absolute atomic E-state index is 0.342. The van der Waals surface area contributed by atoms with Gasteiger partial charge in [-0.25, -0.2) is 0 Å². The van der Waals surface area contributed by atoms with Crippen LogP contribution in [0.1, 0.15) is 0 Å². The third-order valence-corrected chi connectivity index (χ3v) is 0.873. The van der Waals surface area contributed by atoms with Gasteiger partial charge in [0.1, 0.15) is 0 Å². The molecule has 0 rings (SSSR count). The summed E-state index contributed by atoms with van der Waals surface area (Å²) in [5, 5.41) is 0. The molecule has 0 fully saturated rings. The van der Waals surface area contributed by atoms with Crippen LogP contribution in [0.3, 0.4) is 0 Å². The van der Waals surface area contributed by atoms with E-state index in [2.05, 4.69) is 13.0 Å². The summed E-state index contributed by atoms with van der Waals surface area (Å²) in [7, 11) is 0. The number of hydrogen-bond donors (Lipinski definition) is 0. The summed E-state index contributed by atoms with van der Waals surface area (Å²) >= 11 is 0. The Morgan fingerprint density at radius 2 is 1.91 bits per heavy atom. The monoisotopic (exact) mass is 164 g/mol. The summed E-state index contributed by atoms with van der Waals surface area (Å²) in [6, 6.07) is 0. The molecule has 60 valence electrons. The van der Waals surface area contributed by atoms with Gasteiger partial charge in [0.25, 0.3) is 0 Å². The highest BCUT2D eigenvalue weighted by atomic mass is 19.4. The first-order valence-electron chi connectivity index (χ1n) is 2.49. The highest BCUT2D eigenvalue weighted by molar-refractivity contribution is 5.34. The largest absolute Gasteiger partial charge is 0.419 e. The Kier molecular flexibility index (Phi) is 2.87. The van der Waals surface area contributed by atoms with E-state index in [1.165, 1.54) is 5.92 Å². The molecule has 0 spiro atoms. The van der Waals surface area contributed by atoms with Gasteiger partial charge in [0.2, 0.25) is 0 Å². The molecule has 0 amide bonds. The fourth-order valence-electron chi connectivity index (χ4n) is 0.408. The average molecular weight is 164 g/mol. The predicted octanol–water partition coefficient (Wildman–Crippen LogP) is 2.59. The van der Waals surface area contributed by atoms with Crippen LogP contribution in [0.2, 0.25) is 0 Å². The van der Waals surface area contributed by atoms with E-state index in [9.17, 15) is 17.6 Å². The van der Waals surface area contributed by atoms with E-state index in [4.69, 9.17) is 0 Å². The summed E-state index contributed by atoms with van der Waals surface area (Å²) < 4.78 is 47.2. The molecule has 0 atom stereocenters. The van der Waals surface area contributed by atoms with Crippen LogP contribution in [0.4, 0.5) is 17.6 Å². The summed E-state index contributed by atoms with van der Waals surface area (Å²) in [5.74, 6) is -0.402. The number of allylic oxidation sites excluding steroid dienone is 3. The molecule has 0 saturated carbocycles. The van der Waals surface area contributed by atoms with Crippen molar-refractivity contribution >= 4 is 0 Å². The zero-order valence-corrected chi connectivity index (χ0v) is 5.37. The Morgan fingerprint density at radius 1 is 1.45 bits per heavy atom. The van der Waals surface area contributed by atoms with Gasteiger partial charge in [-0.05, 0) is 5.92 Å². The van der Waals surface area contributed by atoms with Crippen molar-refractivity contribution in [3.63, 3.8) is 0 Å². The zero-order valence-electron chi connectivity index (χ0n) is 5.37. The highest BCUT2D eigenvalue weighted by Gasteiger charge is 2.34. The second-order valence-corrected chi connectivity index (χ2v) is 1.57. The third kappa shape index (κ3) is 2.46. The first kappa shape index (κ1) is 9.76. The maximum Gasteiger partial charge on any atom is 0.419 e. The topological polar surface area (TPSA) is 0 Å². The van der Waals surface area contributed by atoms with Crippen LogP contribution in [0.5, 0.6) is 0 Å². The van der Waals surface area contributed by atoms with Crippen LogP contribution < -0.4 is 0 Å². The molecule has 0 aromatic carbocycles. The summed E-state index contributed by atoms with van der Waals surface area (Å²) in [6.07, 6.45) is -0.00868. The molecule has 0 bridgehead atoms. The lowest BCUT2D eigenvalue weighted by Crippen LogP contribution is -2.10. The van der Waals surface area contributed by atoms with Crippen LogP contribution in [0.15, 0.2) is 24.1 Å². The SMILES string of the molecule is C#C/C(F)=C(\C=C)C(F)(F)F. The second kappa shape index (κ2) is 3.24. The van der Waals surface area contributed by atoms with Crippen molar-refractivity contribution in [2.24, 2.45) is 0 Å². The van der Waals surface area contributed by atoms with Crippen LogP contribution in [-0.4, -0.2) is 6.18 Å². The molecule has 0 saturated heterocycles. The average Bonchev–Trinajstić information content (AvgIpc) is 1.86. The second-order valence-electron chi connectivity index (χ2n) is 1.57. The van der Waals surface area contributed by atoms with Gasteiger partial charge in [0.05, 0.1) is 5.57 Å². The van der Waals surface area contributed by atoms with E-state index in [0.717, 1.165) is 0 Å². The first-order chi connectivity index (χ1) is 4.93. The smallest absolute Gasteiger partial charge is 0.196 e. The van der Waals surface area contributed by atoms with Gasteiger partial charge < -0.3 is 0 Å². The number of terminal acetylenes is 1. The minimum atomic E-state index is -4.77. The Hall–Kier alpha value is -1.24. The molecule has 0 unspecified atom stereocenters.